The largest absolute Gasteiger partial charge is 0.489 e. The molecule has 0 saturated heterocycles. The molecule has 0 fully saturated rings. The number of hydrogen-bond donors (Lipinski definition) is 2. The van der Waals surface area contributed by atoms with Gasteiger partial charge in [0.15, 0.2) is 0 Å². The first-order valence-corrected chi connectivity index (χ1v) is 10.3. The van der Waals surface area contributed by atoms with Gasteiger partial charge in [-0.05, 0) is 60.2 Å². The molecule has 164 valence electrons. The minimum atomic E-state index is -0.442. The van der Waals surface area contributed by atoms with Crippen LogP contribution < -0.4 is 15.4 Å². The molecule has 0 aliphatic carbocycles. The van der Waals surface area contributed by atoms with Gasteiger partial charge in [0.05, 0.1) is 4.92 Å². The maximum Gasteiger partial charge on any atom is 0.269 e. The van der Waals surface area contributed by atoms with Crippen LogP contribution in [0.3, 0.4) is 0 Å². The topological polar surface area (TPSA) is 93.5 Å². The molecule has 0 atom stereocenters. The molecule has 0 bridgehead atoms. The predicted molar refractivity (Wildman–Crippen MR) is 128 cm³/mol. The van der Waals surface area contributed by atoms with Gasteiger partial charge in [-0.2, -0.15) is 0 Å². The van der Waals surface area contributed by atoms with Crippen molar-refractivity contribution in [3.8, 4) is 5.75 Å². The maximum absolute atomic E-state index is 12.6. The minimum absolute atomic E-state index is 0.0152. The molecule has 2 N–H and O–H groups in total. The number of nitrogens with one attached hydrogen (secondary N) is 2. The third-order valence-corrected chi connectivity index (χ3v) is 4.80. The zero-order valence-corrected chi connectivity index (χ0v) is 17.6. The van der Waals surface area contributed by atoms with Crippen molar-refractivity contribution < 1.29 is 14.5 Å². The number of rotatable bonds is 8. The van der Waals surface area contributed by atoms with Gasteiger partial charge >= 0.3 is 0 Å². The van der Waals surface area contributed by atoms with E-state index < -0.39 is 4.92 Å². The Morgan fingerprint density at radius 3 is 2.09 bits per heavy atom. The Morgan fingerprint density at radius 1 is 0.788 bits per heavy atom. The summed E-state index contributed by atoms with van der Waals surface area (Å²) in [6, 6.07) is 30.1. The van der Waals surface area contributed by atoms with Crippen molar-refractivity contribution >= 4 is 28.7 Å². The lowest BCUT2D eigenvalue weighted by Crippen LogP contribution is -2.12. The maximum atomic E-state index is 12.6. The molecule has 0 aliphatic rings. The highest BCUT2D eigenvalue weighted by Crippen LogP contribution is 2.25. The second-order valence-corrected chi connectivity index (χ2v) is 7.27. The van der Waals surface area contributed by atoms with Crippen molar-refractivity contribution in [2.45, 2.75) is 6.61 Å². The van der Waals surface area contributed by atoms with Crippen molar-refractivity contribution in [2.24, 2.45) is 0 Å². The highest BCUT2D eigenvalue weighted by Gasteiger charge is 2.09. The summed E-state index contributed by atoms with van der Waals surface area (Å²) in [4.78, 5) is 23.1. The zero-order chi connectivity index (χ0) is 23.0. The van der Waals surface area contributed by atoms with Crippen LogP contribution in [0.2, 0.25) is 0 Å². The average Bonchev–Trinajstić information content (AvgIpc) is 2.84. The third kappa shape index (κ3) is 5.95. The van der Waals surface area contributed by atoms with E-state index in [4.69, 9.17) is 4.74 Å². The molecule has 33 heavy (non-hydrogen) atoms. The SMILES string of the molecule is O=C(Nc1cc(COc2ccccc2)cc(Nc2ccc([N+](=O)[O-])cc2)c1)c1ccccc1. The average molecular weight is 439 g/mol. The molecule has 0 radical (unpaired) electrons. The lowest BCUT2D eigenvalue weighted by atomic mass is 10.1. The van der Waals surface area contributed by atoms with Crippen LogP contribution in [0, 0.1) is 10.1 Å². The van der Waals surface area contributed by atoms with Gasteiger partial charge in [0.2, 0.25) is 0 Å². The van der Waals surface area contributed by atoms with E-state index in [-0.39, 0.29) is 11.6 Å². The van der Waals surface area contributed by atoms with Crippen LogP contribution in [-0.4, -0.2) is 10.8 Å². The Morgan fingerprint density at radius 2 is 1.42 bits per heavy atom. The second kappa shape index (κ2) is 10.1. The number of hydrogen-bond acceptors (Lipinski definition) is 5. The number of carbonyl (C=O) groups excluding carboxylic acids is 1. The Labute approximate surface area is 190 Å². The lowest BCUT2D eigenvalue weighted by molar-refractivity contribution is -0.384. The summed E-state index contributed by atoms with van der Waals surface area (Å²) in [5.41, 5.74) is 3.40. The Balaban J connectivity index is 1.57. The van der Waals surface area contributed by atoms with Gasteiger partial charge in [-0.25, -0.2) is 0 Å². The van der Waals surface area contributed by atoms with Crippen molar-refractivity contribution in [1.29, 1.82) is 0 Å². The van der Waals surface area contributed by atoms with E-state index >= 15 is 0 Å². The third-order valence-electron chi connectivity index (χ3n) is 4.80. The molecule has 4 aromatic carbocycles. The first kappa shape index (κ1) is 21.6. The van der Waals surface area contributed by atoms with E-state index in [1.54, 1.807) is 42.5 Å². The number of amides is 1. The molecular weight excluding hydrogens is 418 g/mol. The zero-order valence-electron chi connectivity index (χ0n) is 17.6. The number of ether oxygens (including phenoxy) is 1. The second-order valence-electron chi connectivity index (χ2n) is 7.27. The molecule has 7 heteroatoms. The van der Waals surface area contributed by atoms with Gasteiger partial charge < -0.3 is 15.4 Å². The molecule has 1 amide bonds. The Hall–Kier alpha value is -4.65. The summed E-state index contributed by atoms with van der Waals surface area (Å²) in [7, 11) is 0. The fourth-order valence-electron chi connectivity index (χ4n) is 3.23. The van der Waals surface area contributed by atoms with E-state index in [0.29, 0.717) is 29.2 Å². The molecule has 0 aliphatic heterocycles. The monoisotopic (exact) mass is 439 g/mol. The molecule has 4 aromatic rings. The minimum Gasteiger partial charge on any atom is -0.489 e. The number of nitro groups is 1. The molecule has 4 rings (SSSR count). The molecule has 0 aromatic heterocycles. The summed E-state index contributed by atoms with van der Waals surface area (Å²) in [6.45, 7) is 0.300. The van der Waals surface area contributed by atoms with Crippen LogP contribution in [0.15, 0.2) is 103 Å². The molecular formula is C26H21N3O4. The van der Waals surface area contributed by atoms with Crippen LogP contribution in [0.4, 0.5) is 22.7 Å². The predicted octanol–water partition coefficient (Wildman–Crippen LogP) is 6.17. The Kier molecular flexibility index (Phi) is 6.61. The quantitative estimate of drug-likeness (QED) is 0.253. The number of non-ortho nitro benzene ring substituents is 1. The van der Waals surface area contributed by atoms with E-state index in [1.807, 2.05) is 48.5 Å². The number of benzene rings is 4. The summed E-state index contributed by atoms with van der Waals surface area (Å²) in [5, 5.41) is 17.1. The number of carbonyl (C=O) groups is 1. The van der Waals surface area contributed by atoms with Crippen LogP contribution in [-0.2, 0) is 6.61 Å². The van der Waals surface area contributed by atoms with Gasteiger partial charge in [-0.15, -0.1) is 0 Å². The highest BCUT2D eigenvalue weighted by molar-refractivity contribution is 6.04. The van der Waals surface area contributed by atoms with Crippen LogP contribution in [0.1, 0.15) is 15.9 Å². The normalized spacial score (nSPS) is 10.3. The number of nitrogens with zero attached hydrogens (tertiary/aromatic N) is 1. The fraction of sp³-hybridized carbons (Fsp3) is 0.0385. The number of anilines is 3. The van der Waals surface area contributed by atoms with Crippen molar-refractivity contribution in [3.05, 3.63) is 124 Å². The van der Waals surface area contributed by atoms with Gasteiger partial charge in [-0.3, -0.25) is 14.9 Å². The van der Waals surface area contributed by atoms with Crippen LogP contribution in [0.25, 0.3) is 0 Å². The van der Waals surface area contributed by atoms with Gasteiger partial charge in [0.25, 0.3) is 11.6 Å². The summed E-state index contributed by atoms with van der Waals surface area (Å²) in [6.07, 6.45) is 0. The lowest BCUT2D eigenvalue weighted by Gasteiger charge is -2.14. The van der Waals surface area contributed by atoms with Gasteiger partial charge in [0.1, 0.15) is 12.4 Å². The number of nitro benzene ring substituents is 1. The Bertz CT molecular complexity index is 1240. The summed E-state index contributed by atoms with van der Waals surface area (Å²) in [5.74, 6) is 0.513. The molecule has 0 saturated carbocycles. The van der Waals surface area contributed by atoms with Crippen molar-refractivity contribution in [2.75, 3.05) is 10.6 Å². The highest BCUT2D eigenvalue weighted by atomic mass is 16.6. The van der Waals surface area contributed by atoms with Crippen molar-refractivity contribution in [1.82, 2.24) is 0 Å². The van der Waals surface area contributed by atoms with Crippen LogP contribution >= 0.6 is 0 Å². The van der Waals surface area contributed by atoms with Crippen LogP contribution in [0.5, 0.6) is 5.75 Å². The first-order valence-electron chi connectivity index (χ1n) is 10.3. The van der Waals surface area contributed by atoms with E-state index in [2.05, 4.69) is 10.6 Å². The molecule has 0 unspecified atom stereocenters. The fourth-order valence-corrected chi connectivity index (χ4v) is 3.23. The van der Waals surface area contributed by atoms with Gasteiger partial charge in [-0.1, -0.05) is 36.4 Å². The first-order chi connectivity index (χ1) is 16.1. The smallest absolute Gasteiger partial charge is 0.269 e. The van der Waals surface area contributed by atoms with Crippen molar-refractivity contribution in [3.63, 3.8) is 0 Å². The molecule has 0 spiro atoms. The van der Waals surface area contributed by atoms with E-state index in [0.717, 1.165) is 11.3 Å². The molecule has 7 nitrogen and oxygen atoms in total. The summed E-state index contributed by atoms with van der Waals surface area (Å²) < 4.78 is 5.87. The van der Waals surface area contributed by atoms with Gasteiger partial charge in [0, 0.05) is 34.8 Å². The standard InChI is InChI=1S/C26H21N3O4/c30-26(20-7-3-1-4-8-20)28-23-16-19(18-33-25-9-5-2-6-10-25)15-22(17-23)27-21-11-13-24(14-12-21)29(31)32/h1-17,27H,18H2,(H,28,30). The van der Waals surface area contributed by atoms with E-state index in [1.165, 1.54) is 12.1 Å². The number of para-hydroxylation sites is 1. The molecule has 0 heterocycles. The van der Waals surface area contributed by atoms with E-state index in [9.17, 15) is 14.9 Å². The summed E-state index contributed by atoms with van der Waals surface area (Å²) >= 11 is 0.